The van der Waals surface area contributed by atoms with Crippen LogP contribution in [0.2, 0.25) is 5.15 Å². The average Bonchev–Trinajstić information content (AvgIpc) is 3.38. The van der Waals surface area contributed by atoms with Gasteiger partial charge in [-0.15, -0.1) is 0 Å². The van der Waals surface area contributed by atoms with Gasteiger partial charge in [-0.1, -0.05) is 11.6 Å². The van der Waals surface area contributed by atoms with Crippen molar-refractivity contribution in [2.75, 3.05) is 6.54 Å². The van der Waals surface area contributed by atoms with E-state index in [4.69, 9.17) is 16.3 Å². The summed E-state index contributed by atoms with van der Waals surface area (Å²) in [6.45, 7) is 5.97. The molecule has 1 aliphatic carbocycles. The molecule has 0 N–H and O–H groups in total. The summed E-state index contributed by atoms with van der Waals surface area (Å²) >= 11 is 6.33. The Morgan fingerprint density at radius 2 is 2.04 bits per heavy atom. The number of aromatic nitrogens is 3. The van der Waals surface area contributed by atoms with Gasteiger partial charge in [0, 0.05) is 18.2 Å². The first-order chi connectivity index (χ1) is 12.7. The van der Waals surface area contributed by atoms with Crippen molar-refractivity contribution in [3.8, 4) is 0 Å². The first-order valence-electron chi connectivity index (χ1n) is 9.49. The van der Waals surface area contributed by atoms with Crippen LogP contribution in [0.1, 0.15) is 76.2 Å². The summed E-state index contributed by atoms with van der Waals surface area (Å²) < 4.78 is 22.1. The topological polar surface area (TPSA) is 59.7 Å². The van der Waals surface area contributed by atoms with Crippen molar-refractivity contribution in [3.05, 3.63) is 28.4 Å². The second kappa shape index (κ2) is 6.62. The van der Waals surface area contributed by atoms with Crippen LogP contribution >= 0.6 is 11.6 Å². The third kappa shape index (κ3) is 3.61. The average molecular weight is 395 g/mol. The lowest BCUT2D eigenvalue weighted by molar-refractivity contribution is 0.00861. The van der Waals surface area contributed by atoms with Crippen molar-refractivity contribution in [1.82, 2.24) is 19.5 Å². The zero-order valence-electron chi connectivity index (χ0n) is 15.8. The number of fused-ring (bicyclic) bond motifs is 1. The zero-order valence-corrected chi connectivity index (χ0v) is 16.6. The van der Waals surface area contributed by atoms with Crippen LogP contribution in [0, 0.1) is 5.82 Å². The van der Waals surface area contributed by atoms with E-state index in [2.05, 4.69) is 10.1 Å². The summed E-state index contributed by atoms with van der Waals surface area (Å²) in [6.07, 6.45) is 4.05. The first-order valence-corrected chi connectivity index (χ1v) is 9.86. The summed E-state index contributed by atoms with van der Waals surface area (Å²) in [6, 6.07) is 1.28. The van der Waals surface area contributed by atoms with Crippen LogP contribution in [0.25, 0.3) is 5.65 Å². The van der Waals surface area contributed by atoms with E-state index in [0.29, 0.717) is 24.0 Å². The Hall–Kier alpha value is -1.89. The fourth-order valence-corrected chi connectivity index (χ4v) is 3.78. The molecule has 1 aliphatic heterocycles. The number of rotatable bonds is 2. The van der Waals surface area contributed by atoms with Gasteiger partial charge < -0.3 is 4.74 Å². The molecule has 2 aromatic heterocycles. The summed E-state index contributed by atoms with van der Waals surface area (Å²) in [4.78, 5) is 18.7. The molecule has 2 aromatic rings. The molecule has 6 nitrogen and oxygen atoms in total. The van der Waals surface area contributed by atoms with Gasteiger partial charge in [0.25, 0.3) is 0 Å². The minimum atomic E-state index is -0.611. The van der Waals surface area contributed by atoms with Crippen molar-refractivity contribution < 1.29 is 13.9 Å². The Morgan fingerprint density at radius 1 is 1.30 bits per heavy atom. The Labute approximate surface area is 162 Å². The molecule has 0 aromatic carbocycles. The van der Waals surface area contributed by atoms with E-state index in [-0.39, 0.29) is 11.3 Å². The molecule has 3 heterocycles. The van der Waals surface area contributed by atoms with Crippen LogP contribution in [-0.2, 0) is 4.74 Å². The lowest BCUT2D eigenvalue weighted by Gasteiger charge is -2.35. The fourth-order valence-electron chi connectivity index (χ4n) is 3.55. The Morgan fingerprint density at radius 3 is 2.70 bits per heavy atom. The third-order valence-electron chi connectivity index (χ3n) is 4.98. The normalized spacial score (nSPS) is 20.9. The molecule has 0 radical (unpaired) electrons. The van der Waals surface area contributed by atoms with Gasteiger partial charge in [0.1, 0.15) is 16.4 Å². The highest BCUT2D eigenvalue weighted by molar-refractivity contribution is 6.29. The second-order valence-corrected chi connectivity index (χ2v) is 8.79. The largest absolute Gasteiger partial charge is 0.444 e. The van der Waals surface area contributed by atoms with Crippen molar-refractivity contribution in [3.63, 3.8) is 0 Å². The molecule has 1 saturated heterocycles. The number of carbonyl (C=O) groups excluding carboxylic acids is 1. The van der Waals surface area contributed by atoms with E-state index in [0.717, 1.165) is 31.4 Å². The van der Waals surface area contributed by atoms with E-state index in [1.165, 1.54) is 4.52 Å². The monoisotopic (exact) mass is 394 g/mol. The summed E-state index contributed by atoms with van der Waals surface area (Å²) in [5.41, 5.74) is 0.545. The number of ether oxygens (including phenoxy) is 1. The minimum absolute atomic E-state index is 0.133. The summed E-state index contributed by atoms with van der Waals surface area (Å²) in [5, 5.41) is 4.72. The molecule has 1 saturated carbocycles. The van der Waals surface area contributed by atoms with Crippen molar-refractivity contribution in [2.45, 2.75) is 70.4 Å². The Kier molecular flexibility index (Phi) is 4.53. The number of halogens is 2. The van der Waals surface area contributed by atoms with Crippen molar-refractivity contribution >= 4 is 23.3 Å². The van der Waals surface area contributed by atoms with E-state index in [1.54, 1.807) is 11.0 Å². The first kappa shape index (κ1) is 18.5. The van der Waals surface area contributed by atoms with E-state index in [9.17, 15) is 4.79 Å². The summed E-state index contributed by atoms with van der Waals surface area (Å²) in [7, 11) is 0. The lowest BCUT2D eigenvalue weighted by Crippen LogP contribution is -2.42. The molecule has 8 heteroatoms. The van der Waals surface area contributed by atoms with Gasteiger partial charge in [0.05, 0.1) is 6.04 Å². The standard InChI is InChI=1S/C19H24ClFN4O2/c1-19(2,3)27-18(26)24-9-5-4-6-13(24)16-15(21)17-22-12(11-7-8-11)10-14(20)25(17)23-16/h10-11,13H,4-9H2,1-3H3. The second-order valence-electron chi connectivity index (χ2n) is 8.40. The summed E-state index contributed by atoms with van der Waals surface area (Å²) in [5.74, 6) is -0.141. The van der Waals surface area contributed by atoms with Gasteiger partial charge in [-0.3, -0.25) is 4.90 Å². The molecule has 0 spiro atoms. The van der Waals surface area contributed by atoms with Crippen LogP contribution in [0.4, 0.5) is 9.18 Å². The van der Waals surface area contributed by atoms with Gasteiger partial charge in [-0.05, 0) is 58.9 Å². The molecular weight excluding hydrogens is 371 g/mol. The van der Waals surface area contributed by atoms with E-state index < -0.39 is 23.6 Å². The molecule has 0 bridgehead atoms. The van der Waals surface area contributed by atoms with E-state index in [1.807, 2.05) is 20.8 Å². The van der Waals surface area contributed by atoms with Gasteiger partial charge in [-0.2, -0.15) is 5.10 Å². The molecule has 146 valence electrons. The minimum Gasteiger partial charge on any atom is -0.444 e. The number of piperidine rings is 1. The van der Waals surface area contributed by atoms with Gasteiger partial charge in [0.15, 0.2) is 11.5 Å². The van der Waals surface area contributed by atoms with Crippen molar-refractivity contribution in [1.29, 1.82) is 0 Å². The van der Waals surface area contributed by atoms with Crippen LogP contribution in [0.15, 0.2) is 6.07 Å². The van der Waals surface area contributed by atoms with Crippen LogP contribution in [0.5, 0.6) is 0 Å². The lowest BCUT2D eigenvalue weighted by atomic mass is 9.99. The predicted octanol–water partition coefficient (Wildman–Crippen LogP) is 4.86. The molecule has 4 rings (SSSR count). The van der Waals surface area contributed by atoms with Crippen LogP contribution < -0.4 is 0 Å². The molecule has 1 unspecified atom stereocenters. The molecule has 1 amide bonds. The Bertz CT molecular complexity index is 888. The molecule has 2 fully saturated rings. The van der Waals surface area contributed by atoms with Crippen LogP contribution in [0.3, 0.4) is 0 Å². The number of hydrogen-bond acceptors (Lipinski definition) is 4. The molecule has 2 aliphatic rings. The highest BCUT2D eigenvalue weighted by Crippen LogP contribution is 2.41. The SMILES string of the molecule is CC(C)(C)OC(=O)N1CCCCC1c1nn2c(Cl)cc(C3CC3)nc2c1F. The molecule has 27 heavy (non-hydrogen) atoms. The number of carbonyl (C=O) groups is 1. The van der Waals surface area contributed by atoms with Gasteiger partial charge >= 0.3 is 6.09 Å². The molecular formula is C19H24ClFN4O2. The number of amides is 1. The maximum absolute atomic E-state index is 15.2. The van der Waals surface area contributed by atoms with Gasteiger partial charge in [0.2, 0.25) is 0 Å². The highest BCUT2D eigenvalue weighted by atomic mass is 35.5. The maximum atomic E-state index is 15.2. The number of likely N-dealkylation sites (tertiary alicyclic amines) is 1. The quantitative estimate of drug-likeness (QED) is 0.682. The number of hydrogen-bond donors (Lipinski definition) is 0. The zero-order chi connectivity index (χ0) is 19.3. The third-order valence-corrected chi connectivity index (χ3v) is 5.25. The number of nitrogens with zero attached hydrogens (tertiary/aromatic N) is 4. The highest BCUT2D eigenvalue weighted by Gasteiger charge is 2.36. The fraction of sp³-hybridized carbons (Fsp3) is 0.632. The van der Waals surface area contributed by atoms with E-state index >= 15 is 4.39 Å². The maximum Gasteiger partial charge on any atom is 0.410 e. The molecule has 1 atom stereocenters. The smallest absolute Gasteiger partial charge is 0.410 e. The van der Waals surface area contributed by atoms with Gasteiger partial charge in [-0.25, -0.2) is 18.7 Å². The van der Waals surface area contributed by atoms with Crippen molar-refractivity contribution in [2.24, 2.45) is 0 Å². The van der Waals surface area contributed by atoms with Crippen LogP contribution in [-0.4, -0.2) is 37.7 Å². The predicted molar refractivity (Wildman–Crippen MR) is 99.5 cm³/mol. The Balaban J connectivity index is 1.71.